The van der Waals surface area contributed by atoms with Crippen LogP contribution in [0.1, 0.15) is 11.1 Å². The number of hydrogen-bond donors (Lipinski definition) is 2. The molecule has 4 N–H and O–H groups in total. The maximum Gasteiger partial charge on any atom is 0.0574 e. The van der Waals surface area contributed by atoms with Crippen LogP contribution in [0.2, 0.25) is 0 Å². The first-order valence-corrected chi connectivity index (χ1v) is 16.4. The predicted octanol–water partition coefficient (Wildman–Crippen LogP) is 10.6. The quantitative estimate of drug-likeness (QED) is 0.195. The maximum absolute atomic E-state index is 6.54. The molecule has 0 amide bonds. The molecule has 9 rings (SSSR count). The zero-order chi connectivity index (χ0) is 31.0. The molecule has 0 atom stereocenters. The van der Waals surface area contributed by atoms with Crippen molar-refractivity contribution < 1.29 is 0 Å². The van der Waals surface area contributed by atoms with Crippen LogP contribution in [-0.4, -0.2) is 4.57 Å². The van der Waals surface area contributed by atoms with Crippen LogP contribution in [0.3, 0.4) is 0 Å². The molecule has 3 nitrogen and oxygen atoms in total. The Morgan fingerprint density at radius 3 is 1.98 bits per heavy atom. The van der Waals surface area contributed by atoms with Gasteiger partial charge >= 0.3 is 0 Å². The molecule has 0 bridgehead atoms. The third kappa shape index (κ3) is 4.80. The Labute approximate surface area is 271 Å². The van der Waals surface area contributed by atoms with Crippen LogP contribution < -0.4 is 11.5 Å². The lowest BCUT2D eigenvalue weighted by molar-refractivity contribution is 0.902. The Morgan fingerprint density at radius 2 is 1.20 bits per heavy atom. The average Bonchev–Trinajstić information content (AvgIpc) is 3.67. The summed E-state index contributed by atoms with van der Waals surface area (Å²) in [5.74, 6) is 0. The third-order valence-electron chi connectivity index (χ3n) is 8.93. The summed E-state index contributed by atoms with van der Waals surface area (Å²) in [5.41, 5.74) is 17.4. The fourth-order valence-electron chi connectivity index (χ4n) is 6.74. The summed E-state index contributed by atoms with van der Waals surface area (Å²) in [6.07, 6.45) is 2.14. The standard InChI is InChI=1S/C35H24N2S.C7H9N/c36-29(22-8-2-1-3-9-22)20-21-37-30-12-6-4-10-24(30)26-18-17-25-27(35(26)37)16-14-23-15-19-32-34(33(23)25)28-11-5-7-13-31(28)38-32;8-6-7-4-2-1-3-5-7/h1-20H,21,36H2;1-5H,6,8H2/b29-20-;. The number of rotatable bonds is 4. The normalized spacial score (nSPS) is 12.0. The molecule has 9 aromatic rings. The van der Waals surface area contributed by atoms with Gasteiger partial charge in [-0.25, -0.2) is 0 Å². The molecule has 4 heteroatoms. The highest BCUT2D eigenvalue weighted by molar-refractivity contribution is 7.26. The summed E-state index contributed by atoms with van der Waals surface area (Å²) in [7, 11) is 0. The van der Waals surface area contributed by atoms with Crippen molar-refractivity contribution in [1.29, 1.82) is 0 Å². The SMILES string of the molecule is N/C(=C\Cn1c2ccccc2c2ccc3c(ccc4ccc5sc6ccccc6c5c43)c21)c1ccccc1.NCc1ccccc1. The van der Waals surface area contributed by atoms with Crippen molar-refractivity contribution in [3.63, 3.8) is 0 Å². The average molecular weight is 612 g/mol. The molecule has 0 saturated heterocycles. The second kappa shape index (κ2) is 11.8. The molecular formula is C42H33N3S. The second-order valence-electron chi connectivity index (χ2n) is 11.6. The van der Waals surface area contributed by atoms with Gasteiger partial charge in [0.05, 0.1) is 5.52 Å². The summed E-state index contributed by atoms with van der Waals surface area (Å²) in [4.78, 5) is 0. The van der Waals surface area contributed by atoms with Crippen molar-refractivity contribution in [1.82, 2.24) is 4.57 Å². The maximum atomic E-state index is 6.54. The van der Waals surface area contributed by atoms with E-state index in [1.54, 1.807) is 0 Å². The first kappa shape index (κ1) is 28.1. The van der Waals surface area contributed by atoms with Gasteiger partial charge in [-0.1, -0.05) is 127 Å². The topological polar surface area (TPSA) is 57.0 Å². The molecule has 0 unspecified atom stereocenters. The molecule has 0 radical (unpaired) electrons. The molecule has 0 spiro atoms. The number of hydrogen-bond acceptors (Lipinski definition) is 3. The van der Waals surface area contributed by atoms with Crippen LogP contribution in [0.15, 0.2) is 152 Å². The van der Waals surface area contributed by atoms with Crippen LogP contribution in [0.5, 0.6) is 0 Å². The first-order valence-electron chi connectivity index (χ1n) is 15.6. The highest BCUT2D eigenvalue weighted by Gasteiger charge is 2.16. The van der Waals surface area contributed by atoms with Gasteiger partial charge in [0.25, 0.3) is 0 Å². The number of benzene rings is 7. The van der Waals surface area contributed by atoms with E-state index in [0.29, 0.717) is 13.1 Å². The van der Waals surface area contributed by atoms with E-state index in [2.05, 4.69) is 108 Å². The van der Waals surface area contributed by atoms with E-state index in [9.17, 15) is 0 Å². The molecule has 0 aliphatic heterocycles. The molecule has 2 aromatic heterocycles. The van der Waals surface area contributed by atoms with E-state index in [4.69, 9.17) is 11.5 Å². The van der Waals surface area contributed by atoms with Crippen LogP contribution >= 0.6 is 11.3 Å². The summed E-state index contributed by atoms with van der Waals surface area (Å²) in [6, 6.07) is 51.5. The Balaban J connectivity index is 0.000000344. The molecular weight excluding hydrogens is 579 g/mol. The summed E-state index contributed by atoms with van der Waals surface area (Å²) < 4.78 is 5.11. The Kier molecular flexibility index (Phi) is 7.22. The van der Waals surface area contributed by atoms with Gasteiger partial charge in [0.1, 0.15) is 0 Å². The lowest BCUT2D eigenvalue weighted by atomic mass is 9.96. The van der Waals surface area contributed by atoms with Crippen molar-refractivity contribution in [3.05, 3.63) is 163 Å². The molecule has 0 saturated carbocycles. The van der Waals surface area contributed by atoms with Gasteiger partial charge in [-0.2, -0.15) is 0 Å². The van der Waals surface area contributed by atoms with E-state index in [1.165, 1.54) is 69.1 Å². The van der Waals surface area contributed by atoms with Crippen molar-refractivity contribution in [2.24, 2.45) is 11.5 Å². The minimum Gasteiger partial charge on any atom is -0.398 e. The summed E-state index contributed by atoms with van der Waals surface area (Å²) >= 11 is 1.88. The minimum atomic E-state index is 0.640. The Bertz CT molecular complexity index is 2540. The highest BCUT2D eigenvalue weighted by Crippen LogP contribution is 2.43. The third-order valence-corrected chi connectivity index (χ3v) is 10.1. The number of nitrogens with zero attached hydrogens (tertiary/aromatic N) is 1. The van der Waals surface area contributed by atoms with Gasteiger partial charge in [-0.05, 0) is 51.6 Å². The highest BCUT2D eigenvalue weighted by atomic mass is 32.1. The van der Waals surface area contributed by atoms with Gasteiger partial charge in [0, 0.05) is 60.6 Å². The minimum absolute atomic E-state index is 0.640. The largest absolute Gasteiger partial charge is 0.398 e. The van der Waals surface area contributed by atoms with Crippen molar-refractivity contribution in [2.45, 2.75) is 13.1 Å². The van der Waals surface area contributed by atoms with Crippen LogP contribution in [0, 0.1) is 0 Å². The zero-order valence-electron chi connectivity index (χ0n) is 25.4. The number of thiophene rings is 1. The van der Waals surface area contributed by atoms with Crippen molar-refractivity contribution in [3.8, 4) is 0 Å². The van der Waals surface area contributed by atoms with Crippen LogP contribution in [0.4, 0.5) is 0 Å². The van der Waals surface area contributed by atoms with Crippen molar-refractivity contribution in [2.75, 3.05) is 0 Å². The Hall–Kier alpha value is -5.42. The smallest absolute Gasteiger partial charge is 0.0574 e. The molecule has 222 valence electrons. The van der Waals surface area contributed by atoms with E-state index in [-0.39, 0.29) is 0 Å². The van der Waals surface area contributed by atoms with Gasteiger partial charge in [0.2, 0.25) is 0 Å². The monoisotopic (exact) mass is 611 g/mol. The number of nitrogens with two attached hydrogens (primary N) is 2. The second-order valence-corrected chi connectivity index (χ2v) is 12.7. The van der Waals surface area contributed by atoms with E-state index >= 15 is 0 Å². The van der Waals surface area contributed by atoms with Gasteiger partial charge < -0.3 is 16.0 Å². The number of fused-ring (bicyclic) bond motifs is 11. The van der Waals surface area contributed by atoms with Gasteiger partial charge in [-0.3, -0.25) is 0 Å². The van der Waals surface area contributed by atoms with E-state index < -0.39 is 0 Å². The number of para-hydroxylation sites is 1. The van der Waals surface area contributed by atoms with Gasteiger partial charge in [-0.15, -0.1) is 11.3 Å². The molecule has 0 aliphatic rings. The van der Waals surface area contributed by atoms with E-state index in [1.807, 2.05) is 59.9 Å². The Morgan fingerprint density at radius 1 is 0.565 bits per heavy atom. The molecule has 0 aliphatic carbocycles. The first-order chi connectivity index (χ1) is 22.7. The zero-order valence-corrected chi connectivity index (χ0v) is 26.2. The van der Waals surface area contributed by atoms with Gasteiger partial charge in [0.15, 0.2) is 0 Å². The molecule has 7 aromatic carbocycles. The lowest BCUT2D eigenvalue weighted by Crippen LogP contribution is -2.01. The summed E-state index contributed by atoms with van der Waals surface area (Å²) in [6.45, 7) is 1.34. The molecule has 2 heterocycles. The number of allylic oxidation sites excluding steroid dienone is 1. The van der Waals surface area contributed by atoms with Crippen LogP contribution in [-0.2, 0) is 13.1 Å². The molecule has 0 fully saturated rings. The number of aromatic nitrogens is 1. The lowest BCUT2D eigenvalue weighted by Gasteiger charge is -2.11. The molecule has 46 heavy (non-hydrogen) atoms. The predicted molar refractivity (Wildman–Crippen MR) is 200 cm³/mol. The van der Waals surface area contributed by atoms with Crippen molar-refractivity contribution >= 4 is 80.6 Å². The summed E-state index contributed by atoms with van der Waals surface area (Å²) in [5, 5.41) is 10.5. The van der Waals surface area contributed by atoms with E-state index in [0.717, 1.165) is 11.3 Å². The van der Waals surface area contributed by atoms with Crippen LogP contribution in [0.25, 0.3) is 69.2 Å². The fraction of sp³-hybridized carbons (Fsp3) is 0.0476. The fourth-order valence-corrected chi connectivity index (χ4v) is 7.85.